The van der Waals surface area contributed by atoms with Crippen LogP contribution in [-0.4, -0.2) is 43.8 Å². The molecular weight excluding hydrogens is 423 g/mol. The van der Waals surface area contributed by atoms with Crippen LogP contribution < -0.4 is 0 Å². The number of rotatable bonds is 5. The molecular formula is C22H26F3N5O2. The predicted molar refractivity (Wildman–Crippen MR) is 111 cm³/mol. The number of halogens is 3. The molecule has 1 aliphatic heterocycles. The van der Waals surface area contributed by atoms with Gasteiger partial charge < -0.3 is 9.42 Å². The summed E-state index contributed by atoms with van der Waals surface area (Å²) in [6.07, 6.45) is -1.05. The average Bonchev–Trinajstić information content (AvgIpc) is 3.37. The van der Waals surface area contributed by atoms with Crippen molar-refractivity contribution in [2.45, 2.75) is 58.7 Å². The van der Waals surface area contributed by atoms with Crippen molar-refractivity contribution >= 4 is 17.0 Å². The summed E-state index contributed by atoms with van der Waals surface area (Å²) >= 11 is 0. The highest BCUT2D eigenvalue weighted by molar-refractivity contribution is 5.82. The highest BCUT2D eigenvalue weighted by Gasteiger charge is 2.38. The Hall–Kier alpha value is -2.91. The SMILES string of the molecule is CCc1cc(C(F)(F)F)c2c(C3CCCN(C(=O)C(C)Cn4ccc(C)n4)C3)noc2n1. The number of aromatic nitrogens is 4. The van der Waals surface area contributed by atoms with Crippen LogP contribution in [0.15, 0.2) is 22.9 Å². The summed E-state index contributed by atoms with van der Waals surface area (Å²) in [4.78, 5) is 19.0. The lowest BCUT2D eigenvalue weighted by Crippen LogP contribution is -2.42. The van der Waals surface area contributed by atoms with E-state index in [1.54, 1.807) is 16.5 Å². The van der Waals surface area contributed by atoms with Crippen molar-refractivity contribution in [3.05, 3.63) is 41.0 Å². The van der Waals surface area contributed by atoms with Crippen LogP contribution in [0.5, 0.6) is 0 Å². The molecule has 32 heavy (non-hydrogen) atoms. The monoisotopic (exact) mass is 449 g/mol. The van der Waals surface area contributed by atoms with Gasteiger partial charge in [-0.3, -0.25) is 9.48 Å². The van der Waals surface area contributed by atoms with Gasteiger partial charge in [0.25, 0.3) is 5.71 Å². The van der Waals surface area contributed by atoms with Gasteiger partial charge in [0.2, 0.25) is 5.91 Å². The highest BCUT2D eigenvalue weighted by atomic mass is 19.4. The number of carbonyl (C=O) groups is 1. The number of piperidine rings is 1. The highest BCUT2D eigenvalue weighted by Crippen LogP contribution is 2.40. The summed E-state index contributed by atoms with van der Waals surface area (Å²) in [7, 11) is 0. The molecule has 3 aromatic rings. The van der Waals surface area contributed by atoms with Crippen molar-refractivity contribution in [3.8, 4) is 0 Å². The van der Waals surface area contributed by atoms with Gasteiger partial charge in [0.15, 0.2) is 0 Å². The van der Waals surface area contributed by atoms with E-state index in [0.717, 1.165) is 11.8 Å². The zero-order valence-corrected chi connectivity index (χ0v) is 18.3. The lowest BCUT2D eigenvalue weighted by molar-refractivity contribution is -0.137. The van der Waals surface area contributed by atoms with Gasteiger partial charge >= 0.3 is 6.18 Å². The van der Waals surface area contributed by atoms with E-state index in [1.807, 2.05) is 26.1 Å². The molecule has 0 aromatic carbocycles. The number of alkyl halides is 3. The molecule has 2 unspecified atom stereocenters. The largest absolute Gasteiger partial charge is 0.417 e. The fourth-order valence-electron chi connectivity index (χ4n) is 4.34. The molecule has 1 aliphatic rings. The molecule has 10 heteroatoms. The lowest BCUT2D eigenvalue weighted by Gasteiger charge is -2.33. The Kier molecular flexibility index (Phi) is 5.96. The first-order valence-electron chi connectivity index (χ1n) is 10.8. The van der Waals surface area contributed by atoms with Gasteiger partial charge in [0.05, 0.1) is 34.8 Å². The third-order valence-corrected chi connectivity index (χ3v) is 5.97. The number of nitrogens with zero attached hydrogens (tertiary/aromatic N) is 5. The lowest BCUT2D eigenvalue weighted by atomic mass is 9.91. The number of aryl methyl sites for hydroxylation is 2. The van der Waals surface area contributed by atoms with Crippen LogP contribution in [0.4, 0.5) is 13.2 Å². The van der Waals surface area contributed by atoms with Gasteiger partial charge in [-0.05, 0) is 38.3 Å². The Morgan fingerprint density at radius 1 is 1.38 bits per heavy atom. The molecule has 4 heterocycles. The van der Waals surface area contributed by atoms with Crippen molar-refractivity contribution < 1.29 is 22.5 Å². The van der Waals surface area contributed by atoms with Crippen LogP contribution in [0.25, 0.3) is 11.1 Å². The maximum absolute atomic E-state index is 13.8. The van der Waals surface area contributed by atoms with Gasteiger partial charge in [-0.1, -0.05) is 19.0 Å². The van der Waals surface area contributed by atoms with Crippen LogP contribution in [0.3, 0.4) is 0 Å². The van der Waals surface area contributed by atoms with E-state index in [2.05, 4.69) is 15.2 Å². The molecule has 0 radical (unpaired) electrons. The Bertz CT molecular complexity index is 1120. The van der Waals surface area contributed by atoms with Crippen molar-refractivity contribution in [2.24, 2.45) is 5.92 Å². The van der Waals surface area contributed by atoms with Crippen LogP contribution >= 0.6 is 0 Å². The molecule has 0 spiro atoms. The zero-order chi connectivity index (χ0) is 23.0. The Balaban J connectivity index is 1.58. The summed E-state index contributed by atoms with van der Waals surface area (Å²) in [5.74, 6) is -0.691. The standard InChI is InChI=1S/C22H26F3N5O2/c1-4-16-10-17(22(23,24)25)18-19(28-32-20(18)26-16)15-6-5-8-29(12-15)21(31)13(2)11-30-9-7-14(3)27-30/h7,9-10,13,15H,4-6,8,11-12H2,1-3H3. The van der Waals surface area contributed by atoms with Gasteiger partial charge in [-0.25, -0.2) is 4.98 Å². The zero-order valence-electron chi connectivity index (χ0n) is 18.3. The molecule has 1 amide bonds. The molecule has 3 aromatic heterocycles. The van der Waals surface area contributed by atoms with Gasteiger partial charge in [-0.2, -0.15) is 18.3 Å². The van der Waals surface area contributed by atoms with Crippen molar-refractivity contribution in [2.75, 3.05) is 13.1 Å². The molecule has 0 N–H and O–H groups in total. The molecule has 7 nitrogen and oxygen atoms in total. The van der Waals surface area contributed by atoms with E-state index in [9.17, 15) is 18.0 Å². The van der Waals surface area contributed by atoms with Gasteiger partial charge in [-0.15, -0.1) is 0 Å². The second kappa shape index (κ2) is 8.55. The summed E-state index contributed by atoms with van der Waals surface area (Å²) in [5, 5.41) is 8.22. The number of likely N-dealkylation sites (tertiary alicyclic amines) is 1. The van der Waals surface area contributed by atoms with Crippen molar-refractivity contribution in [1.29, 1.82) is 0 Å². The second-order valence-electron chi connectivity index (χ2n) is 8.46. The van der Waals surface area contributed by atoms with E-state index in [4.69, 9.17) is 4.52 Å². The van der Waals surface area contributed by atoms with Gasteiger partial charge in [0, 0.05) is 30.9 Å². The second-order valence-corrected chi connectivity index (χ2v) is 8.46. The van der Waals surface area contributed by atoms with Crippen LogP contribution in [0.1, 0.15) is 55.3 Å². The van der Waals surface area contributed by atoms with Crippen LogP contribution in [0, 0.1) is 12.8 Å². The molecule has 4 rings (SSSR count). The summed E-state index contributed by atoms with van der Waals surface area (Å²) in [6.45, 7) is 6.78. The molecule has 0 saturated carbocycles. The third-order valence-electron chi connectivity index (χ3n) is 5.97. The third kappa shape index (κ3) is 4.35. The number of fused-ring (bicyclic) bond motifs is 1. The number of hydrogen-bond donors (Lipinski definition) is 0. The van der Waals surface area contributed by atoms with Gasteiger partial charge in [0.1, 0.15) is 0 Å². The quantitative estimate of drug-likeness (QED) is 0.579. The summed E-state index contributed by atoms with van der Waals surface area (Å²) < 4.78 is 48.4. The van der Waals surface area contributed by atoms with Crippen LogP contribution in [0.2, 0.25) is 0 Å². The Morgan fingerprint density at radius 3 is 2.81 bits per heavy atom. The normalized spacial score (nSPS) is 18.3. The summed E-state index contributed by atoms with van der Waals surface area (Å²) in [5.41, 5.74) is 0.533. The van der Waals surface area contributed by atoms with Crippen molar-refractivity contribution in [1.82, 2.24) is 24.8 Å². The first-order valence-corrected chi connectivity index (χ1v) is 10.8. The first kappa shape index (κ1) is 22.3. The van der Waals surface area contributed by atoms with E-state index in [1.165, 1.54) is 0 Å². The Morgan fingerprint density at radius 2 is 2.16 bits per heavy atom. The molecule has 0 bridgehead atoms. The number of hydrogen-bond acceptors (Lipinski definition) is 5. The molecule has 1 fully saturated rings. The molecule has 1 saturated heterocycles. The number of carbonyl (C=O) groups excluding carboxylic acids is 1. The van der Waals surface area contributed by atoms with E-state index < -0.39 is 11.7 Å². The van der Waals surface area contributed by atoms with Crippen LogP contribution in [-0.2, 0) is 23.9 Å². The minimum atomic E-state index is -4.55. The molecule has 0 aliphatic carbocycles. The summed E-state index contributed by atoms with van der Waals surface area (Å²) in [6, 6.07) is 2.95. The fourth-order valence-corrected chi connectivity index (χ4v) is 4.34. The predicted octanol–water partition coefficient (Wildman–Crippen LogP) is 4.35. The topological polar surface area (TPSA) is 77.0 Å². The minimum absolute atomic E-state index is 0.0434. The molecule has 172 valence electrons. The maximum Gasteiger partial charge on any atom is 0.417 e. The Labute approximate surface area is 183 Å². The first-order chi connectivity index (χ1) is 15.2. The fraction of sp³-hybridized carbons (Fsp3) is 0.545. The van der Waals surface area contributed by atoms with E-state index in [-0.39, 0.29) is 34.5 Å². The van der Waals surface area contributed by atoms with Crippen molar-refractivity contribution in [3.63, 3.8) is 0 Å². The molecule has 2 atom stereocenters. The number of amides is 1. The number of pyridine rings is 1. The minimum Gasteiger partial charge on any atom is -0.342 e. The average molecular weight is 449 g/mol. The smallest absolute Gasteiger partial charge is 0.342 e. The van der Waals surface area contributed by atoms with E-state index >= 15 is 0 Å². The maximum atomic E-state index is 13.8. The van der Waals surface area contributed by atoms with E-state index in [0.29, 0.717) is 44.6 Å².